The van der Waals surface area contributed by atoms with Gasteiger partial charge >= 0.3 is 6.18 Å². The minimum atomic E-state index is -4.08. The molecular weight excluding hydrogens is 499 g/mol. The van der Waals surface area contributed by atoms with Crippen LogP contribution >= 0.6 is 0 Å². The Labute approximate surface area is 229 Å². The van der Waals surface area contributed by atoms with Crippen LogP contribution in [0.5, 0.6) is 0 Å². The number of aryl methyl sites for hydroxylation is 1. The van der Waals surface area contributed by atoms with E-state index in [9.17, 15) is 13.2 Å². The lowest BCUT2D eigenvalue weighted by Crippen LogP contribution is -2.53. The van der Waals surface area contributed by atoms with E-state index in [4.69, 9.17) is 5.26 Å². The van der Waals surface area contributed by atoms with Gasteiger partial charge in [-0.3, -0.25) is 9.97 Å². The Bertz CT molecular complexity index is 1160. The van der Waals surface area contributed by atoms with Gasteiger partial charge in [-0.25, -0.2) is 0 Å². The SMILES string of the molecule is C=C(c1ccc(-c2cnc(CCC3CCN(CC4(C(F)(F)F)CCC4)CC3)cn2)cc1)N1CCCC1CC#N. The summed E-state index contributed by atoms with van der Waals surface area (Å²) in [5.41, 5.74) is 3.34. The summed E-state index contributed by atoms with van der Waals surface area (Å²) in [6.07, 6.45) is 7.23. The number of likely N-dealkylation sites (tertiary alicyclic amines) is 2. The van der Waals surface area contributed by atoms with Gasteiger partial charge in [0.1, 0.15) is 0 Å². The number of hydrogen-bond donors (Lipinski definition) is 0. The van der Waals surface area contributed by atoms with Gasteiger partial charge in [0, 0.05) is 36.6 Å². The Morgan fingerprint density at radius 2 is 1.77 bits per heavy atom. The van der Waals surface area contributed by atoms with Gasteiger partial charge in [0.15, 0.2) is 0 Å². The average Bonchev–Trinajstić information content (AvgIpc) is 3.38. The molecule has 0 amide bonds. The fourth-order valence-corrected chi connectivity index (χ4v) is 6.49. The number of halogens is 3. The zero-order chi connectivity index (χ0) is 27.5. The number of nitrogens with zero attached hydrogens (tertiary/aromatic N) is 5. The van der Waals surface area contributed by atoms with Gasteiger partial charge in [-0.15, -0.1) is 0 Å². The van der Waals surface area contributed by atoms with E-state index in [1.807, 2.05) is 29.4 Å². The van der Waals surface area contributed by atoms with Crippen LogP contribution in [0, 0.1) is 22.7 Å². The summed E-state index contributed by atoms with van der Waals surface area (Å²) < 4.78 is 40.6. The highest BCUT2D eigenvalue weighted by atomic mass is 19.4. The first-order chi connectivity index (χ1) is 18.8. The van der Waals surface area contributed by atoms with Gasteiger partial charge in [-0.1, -0.05) is 37.3 Å². The maximum atomic E-state index is 13.5. The molecule has 3 aliphatic rings. The van der Waals surface area contributed by atoms with Crippen LogP contribution < -0.4 is 0 Å². The molecule has 1 aliphatic carbocycles. The Hall–Kier alpha value is -2.92. The van der Waals surface area contributed by atoms with E-state index < -0.39 is 11.6 Å². The van der Waals surface area contributed by atoms with E-state index in [0.29, 0.717) is 18.8 Å². The topological polar surface area (TPSA) is 56.1 Å². The minimum absolute atomic E-state index is 0.172. The van der Waals surface area contributed by atoms with Crippen LogP contribution in [-0.2, 0) is 6.42 Å². The third-order valence-electron chi connectivity index (χ3n) is 9.22. The van der Waals surface area contributed by atoms with Crippen molar-refractivity contribution in [2.24, 2.45) is 11.3 Å². The molecule has 1 aromatic carbocycles. The predicted molar refractivity (Wildman–Crippen MR) is 146 cm³/mol. The molecule has 1 atom stereocenters. The van der Waals surface area contributed by atoms with Crippen LogP contribution in [0.4, 0.5) is 13.2 Å². The second-order valence-corrected chi connectivity index (χ2v) is 11.7. The molecule has 2 aromatic rings. The summed E-state index contributed by atoms with van der Waals surface area (Å²) >= 11 is 0. The quantitative estimate of drug-likeness (QED) is 0.349. The first-order valence-corrected chi connectivity index (χ1v) is 14.3. The normalized spacial score (nSPS) is 21.9. The fourth-order valence-electron chi connectivity index (χ4n) is 6.49. The number of rotatable bonds is 9. The Morgan fingerprint density at radius 3 is 2.36 bits per heavy atom. The summed E-state index contributed by atoms with van der Waals surface area (Å²) in [7, 11) is 0. The molecule has 3 fully saturated rings. The second-order valence-electron chi connectivity index (χ2n) is 11.7. The van der Waals surface area contributed by atoms with Gasteiger partial charge in [0.25, 0.3) is 0 Å². The van der Waals surface area contributed by atoms with E-state index in [-0.39, 0.29) is 25.4 Å². The summed E-state index contributed by atoms with van der Waals surface area (Å²) in [6, 6.07) is 10.7. The first-order valence-electron chi connectivity index (χ1n) is 14.3. The molecular formula is C31H38F3N5. The molecule has 0 radical (unpaired) electrons. The van der Waals surface area contributed by atoms with Crippen molar-refractivity contribution in [1.82, 2.24) is 19.8 Å². The lowest BCUT2D eigenvalue weighted by molar-refractivity contribution is -0.256. The first kappa shape index (κ1) is 27.6. The molecule has 0 bridgehead atoms. The van der Waals surface area contributed by atoms with Crippen LogP contribution in [0.1, 0.15) is 69.0 Å². The largest absolute Gasteiger partial charge is 0.395 e. The van der Waals surface area contributed by atoms with Gasteiger partial charge in [0.05, 0.1) is 35.5 Å². The summed E-state index contributed by atoms with van der Waals surface area (Å²) in [5, 5.41) is 9.10. The van der Waals surface area contributed by atoms with E-state index >= 15 is 0 Å². The van der Waals surface area contributed by atoms with Gasteiger partial charge in [-0.05, 0) is 75.9 Å². The van der Waals surface area contributed by atoms with Crippen molar-refractivity contribution in [2.45, 2.75) is 76.4 Å². The number of hydrogen-bond acceptors (Lipinski definition) is 5. The minimum Gasteiger partial charge on any atom is -0.368 e. The monoisotopic (exact) mass is 537 g/mol. The molecule has 2 saturated heterocycles. The van der Waals surface area contributed by atoms with Gasteiger partial charge in [-0.2, -0.15) is 18.4 Å². The lowest BCUT2D eigenvalue weighted by Gasteiger charge is -2.47. The molecule has 1 unspecified atom stereocenters. The van der Waals surface area contributed by atoms with Crippen molar-refractivity contribution < 1.29 is 13.2 Å². The number of nitriles is 1. The number of alkyl halides is 3. The van der Waals surface area contributed by atoms with Crippen molar-refractivity contribution in [3.8, 4) is 17.3 Å². The zero-order valence-electron chi connectivity index (χ0n) is 22.6. The van der Waals surface area contributed by atoms with Crippen molar-refractivity contribution in [2.75, 3.05) is 26.2 Å². The molecule has 1 aromatic heterocycles. The molecule has 2 aliphatic heterocycles. The lowest BCUT2D eigenvalue weighted by atomic mass is 9.67. The smallest absolute Gasteiger partial charge is 0.368 e. The highest BCUT2D eigenvalue weighted by Gasteiger charge is 2.58. The number of benzene rings is 1. The Morgan fingerprint density at radius 1 is 1.03 bits per heavy atom. The molecule has 208 valence electrons. The molecule has 0 spiro atoms. The fraction of sp³-hybridized carbons (Fsp3) is 0.581. The summed E-state index contributed by atoms with van der Waals surface area (Å²) in [5.74, 6) is 0.523. The molecule has 5 nitrogen and oxygen atoms in total. The van der Waals surface area contributed by atoms with Crippen molar-refractivity contribution in [3.63, 3.8) is 0 Å². The van der Waals surface area contributed by atoms with Crippen molar-refractivity contribution >= 4 is 5.70 Å². The zero-order valence-corrected chi connectivity index (χ0v) is 22.6. The van der Waals surface area contributed by atoms with E-state index in [0.717, 1.165) is 86.4 Å². The number of piperidine rings is 1. The van der Waals surface area contributed by atoms with Crippen LogP contribution in [0.3, 0.4) is 0 Å². The average molecular weight is 538 g/mol. The number of aromatic nitrogens is 2. The highest BCUT2D eigenvalue weighted by molar-refractivity contribution is 5.67. The van der Waals surface area contributed by atoms with Crippen LogP contribution in [-0.4, -0.2) is 58.2 Å². The van der Waals surface area contributed by atoms with Crippen LogP contribution in [0.2, 0.25) is 0 Å². The second kappa shape index (κ2) is 11.7. The van der Waals surface area contributed by atoms with Gasteiger partial charge in [0.2, 0.25) is 0 Å². The molecule has 0 N–H and O–H groups in total. The maximum absolute atomic E-state index is 13.5. The highest BCUT2D eigenvalue weighted by Crippen LogP contribution is 2.53. The van der Waals surface area contributed by atoms with E-state index in [1.54, 1.807) is 0 Å². The van der Waals surface area contributed by atoms with Crippen LogP contribution in [0.25, 0.3) is 17.0 Å². The molecule has 39 heavy (non-hydrogen) atoms. The van der Waals surface area contributed by atoms with Crippen molar-refractivity contribution in [3.05, 3.63) is 54.5 Å². The van der Waals surface area contributed by atoms with E-state index in [2.05, 4.69) is 39.6 Å². The third-order valence-corrected chi connectivity index (χ3v) is 9.22. The molecule has 3 heterocycles. The van der Waals surface area contributed by atoms with E-state index in [1.165, 1.54) is 0 Å². The molecule has 1 saturated carbocycles. The van der Waals surface area contributed by atoms with Gasteiger partial charge < -0.3 is 9.80 Å². The van der Waals surface area contributed by atoms with Crippen LogP contribution in [0.15, 0.2) is 43.2 Å². The summed E-state index contributed by atoms with van der Waals surface area (Å²) in [6.45, 7) is 6.92. The van der Waals surface area contributed by atoms with Crippen molar-refractivity contribution in [1.29, 1.82) is 5.26 Å². The Balaban J connectivity index is 1.09. The molecule has 5 rings (SSSR count). The maximum Gasteiger partial charge on any atom is 0.395 e. The molecule has 8 heteroatoms. The standard InChI is InChI=1S/C31H38F3N5/c1-23(39-17-2-4-28(39)11-16-35)25-6-8-26(9-7-25)29-21-36-27(20-37-29)10-5-24-12-18-38(19-13-24)22-30(14-3-15-30)31(32,33)34/h6-9,20-21,24,28H,1-5,10-15,17-19,22H2. The Kier molecular flexibility index (Phi) is 8.27. The predicted octanol–water partition coefficient (Wildman–Crippen LogP) is 6.87. The summed E-state index contributed by atoms with van der Waals surface area (Å²) in [4.78, 5) is 13.6. The third kappa shape index (κ3) is 6.14.